The van der Waals surface area contributed by atoms with Gasteiger partial charge in [0.15, 0.2) is 0 Å². The van der Waals surface area contributed by atoms with Gasteiger partial charge in [0, 0.05) is 30.6 Å². The van der Waals surface area contributed by atoms with Crippen LogP contribution >= 0.6 is 12.4 Å². The maximum absolute atomic E-state index is 5.89. The molecule has 2 aliphatic rings. The molecule has 0 bridgehead atoms. The molecule has 2 fully saturated rings. The van der Waals surface area contributed by atoms with Gasteiger partial charge in [-0.15, -0.1) is 12.4 Å². The minimum Gasteiger partial charge on any atom is -0.461 e. The van der Waals surface area contributed by atoms with Gasteiger partial charge in [-0.05, 0) is 44.3 Å². The van der Waals surface area contributed by atoms with Gasteiger partial charge in [0.25, 0.3) is 0 Å². The zero-order chi connectivity index (χ0) is 13.6. The summed E-state index contributed by atoms with van der Waals surface area (Å²) in [5, 5.41) is 4.82. The molecule has 2 saturated heterocycles. The lowest BCUT2D eigenvalue weighted by molar-refractivity contribution is 0.268. The molecule has 3 heterocycles. The van der Waals surface area contributed by atoms with Crippen LogP contribution in [0, 0.1) is 12.3 Å². The van der Waals surface area contributed by atoms with Crippen molar-refractivity contribution in [2.45, 2.75) is 26.3 Å². The molecule has 1 spiro atoms. The van der Waals surface area contributed by atoms with Gasteiger partial charge in [-0.3, -0.25) is 4.90 Å². The lowest BCUT2D eigenvalue weighted by Gasteiger charge is -2.22. The van der Waals surface area contributed by atoms with Crippen LogP contribution in [0.2, 0.25) is 0 Å². The molecule has 1 atom stereocenters. The van der Waals surface area contributed by atoms with Crippen molar-refractivity contribution < 1.29 is 4.42 Å². The van der Waals surface area contributed by atoms with Crippen molar-refractivity contribution in [1.29, 1.82) is 0 Å². The third-order valence-corrected chi connectivity index (χ3v) is 5.13. The fraction of sp³-hybridized carbons (Fsp3) is 0.529. The first-order valence-electron chi connectivity index (χ1n) is 7.66. The van der Waals surface area contributed by atoms with Crippen molar-refractivity contribution in [1.82, 2.24) is 10.2 Å². The van der Waals surface area contributed by atoms with Crippen molar-refractivity contribution in [2.75, 3.05) is 26.2 Å². The minimum atomic E-state index is 0. The molecule has 21 heavy (non-hydrogen) atoms. The van der Waals surface area contributed by atoms with Crippen molar-refractivity contribution in [3.05, 3.63) is 35.6 Å². The summed E-state index contributed by atoms with van der Waals surface area (Å²) in [5.41, 5.74) is 2.95. The Balaban J connectivity index is 0.00000132. The zero-order valence-corrected chi connectivity index (χ0v) is 13.3. The molecular weight excluding hydrogens is 284 g/mol. The molecule has 114 valence electrons. The van der Waals surface area contributed by atoms with Crippen molar-refractivity contribution in [3.8, 4) is 0 Å². The zero-order valence-electron chi connectivity index (χ0n) is 12.5. The Labute approximate surface area is 132 Å². The summed E-state index contributed by atoms with van der Waals surface area (Å²) in [7, 11) is 0. The number of fused-ring (bicyclic) bond motifs is 1. The van der Waals surface area contributed by atoms with Gasteiger partial charge in [0.05, 0.1) is 0 Å². The van der Waals surface area contributed by atoms with E-state index in [-0.39, 0.29) is 12.4 Å². The largest absolute Gasteiger partial charge is 0.461 e. The quantitative estimate of drug-likeness (QED) is 0.922. The second-order valence-corrected chi connectivity index (χ2v) is 6.52. The lowest BCUT2D eigenvalue weighted by atomic mass is 9.86. The number of hydrogen-bond acceptors (Lipinski definition) is 3. The second kappa shape index (κ2) is 5.64. The van der Waals surface area contributed by atoms with E-state index >= 15 is 0 Å². The first-order valence-corrected chi connectivity index (χ1v) is 7.66. The van der Waals surface area contributed by atoms with Gasteiger partial charge >= 0.3 is 0 Å². The van der Waals surface area contributed by atoms with E-state index in [0.717, 1.165) is 17.9 Å². The monoisotopic (exact) mass is 306 g/mol. The summed E-state index contributed by atoms with van der Waals surface area (Å²) in [4.78, 5) is 2.61. The molecule has 2 aliphatic heterocycles. The maximum atomic E-state index is 5.89. The number of halogens is 1. The van der Waals surface area contributed by atoms with Gasteiger partial charge in [-0.2, -0.15) is 0 Å². The highest BCUT2D eigenvalue weighted by atomic mass is 35.5. The number of nitrogens with zero attached hydrogens (tertiary/aromatic N) is 1. The number of likely N-dealkylation sites (tertiary alicyclic amines) is 1. The number of para-hydroxylation sites is 1. The number of benzene rings is 1. The van der Waals surface area contributed by atoms with Crippen LogP contribution in [0.25, 0.3) is 11.0 Å². The number of rotatable bonds is 2. The van der Waals surface area contributed by atoms with E-state index in [1.807, 2.05) is 6.07 Å². The molecule has 3 nitrogen and oxygen atoms in total. The maximum Gasteiger partial charge on any atom is 0.134 e. The fourth-order valence-electron chi connectivity index (χ4n) is 3.95. The predicted octanol–water partition coefficient (Wildman–Crippen LogP) is 3.35. The molecule has 4 heteroatoms. The van der Waals surface area contributed by atoms with Gasteiger partial charge in [-0.25, -0.2) is 0 Å². The van der Waals surface area contributed by atoms with Crippen LogP contribution in [0.4, 0.5) is 0 Å². The van der Waals surface area contributed by atoms with Crippen LogP contribution in [-0.4, -0.2) is 31.1 Å². The van der Waals surface area contributed by atoms with Crippen molar-refractivity contribution >= 4 is 23.4 Å². The summed E-state index contributed by atoms with van der Waals surface area (Å²) >= 11 is 0. The van der Waals surface area contributed by atoms with E-state index in [9.17, 15) is 0 Å². The van der Waals surface area contributed by atoms with Crippen LogP contribution in [0.15, 0.2) is 28.7 Å². The standard InChI is InChI=1S/C17H22N2O.ClH/c1-13-15(14-4-2-3-5-16(14)20-13)10-19-9-7-17(12-19)6-8-18-11-17;/h2-5,18H,6-12H2,1H3;1H. The normalized spacial score (nSPS) is 25.8. The molecule has 4 rings (SSSR count). The first kappa shape index (κ1) is 14.9. The Bertz CT molecular complexity index is 631. The molecule has 1 aromatic carbocycles. The summed E-state index contributed by atoms with van der Waals surface area (Å²) in [6.45, 7) is 7.98. The molecule has 0 aliphatic carbocycles. The van der Waals surface area contributed by atoms with E-state index in [0.29, 0.717) is 5.41 Å². The average Bonchev–Trinajstić information content (AvgIpc) is 3.14. The highest BCUT2D eigenvalue weighted by molar-refractivity contribution is 5.85. The van der Waals surface area contributed by atoms with Crippen LogP contribution in [-0.2, 0) is 6.54 Å². The smallest absolute Gasteiger partial charge is 0.134 e. The number of nitrogens with one attached hydrogen (secondary N) is 1. The van der Waals surface area contributed by atoms with Crippen LogP contribution in [0.3, 0.4) is 0 Å². The molecular formula is C17H23ClN2O. The lowest BCUT2D eigenvalue weighted by Crippen LogP contribution is -2.29. The van der Waals surface area contributed by atoms with E-state index < -0.39 is 0 Å². The second-order valence-electron chi connectivity index (χ2n) is 6.52. The molecule has 1 unspecified atom stereocenters. The molecule has 0 amide bonds. The predicted molar refractivity (Wildman–Crippen MR) is 88.0 cm³/mol. The van der Waals surface area contributed by atoms with Gasteiger partial charge in [0.2, 0.25) is 0 Å². The Hall–Kier alpha value is -1.03. The number of aryl methyl sites for hydroxylation is 1. The van der Waals surface area contributed by atoms with Crippen molar-refractivity contribution in [2.24, 2.45) is 5.41 Å². The highest BCUT2D eigenvalue weighted by Crippen LogP contribution is 2.37. The SMILES string of the molecule is Cc1oc2ccccc2c1CN1CCC2(CCNC2)C1.Cl. The Morgan fingerprint density at radius 2 is 2.14 bits per heavy atom. The van der Waals surface area contributed by atoms with Gasteiger partial charge in [0.1, 0.15) is 11.3 Å². The fourth-order valence-corrected chi connectivity index (χ4v) is 3.95. The molecule has 0 saturated carbocycles. The summed E-state index contributed by atoms with van der Waals surface area (Å²) < 4.78 is 5.89. The number of furan rings is 1. The van der Waals surface area contributed by atoms with Crippen LogP contribution in [0.1, 0.15) is 24.2 Å². The van der Waals surface area contributed by atoms with Gasteiger partial charge in [-0.1, -0.05) is 18.2 Å². The first-order chi connectivity index (χ1) is 9.76. The Kier molecular flexibility index (Phi) is 4.00. The summed E-state index contributed by atoms with van der Waals surface area (Å²) in [6.07, 6.45) is 2.68. The van der Waals surface area contributed by atoms with Crippen LogP contribution in [0.5, 0.6) is 0 Å². The average molecular weight is 307 g/mol. The van der Waals surface area contributed by atoms with Crippen LogP contribution < -0.4 is 5.32 Å². The highest BCUT2D eigenvalue weighted by Gasteiger charge is 2.40. The molecule has 1 aromatic heterocycles. The minimum absolute atomic E-state index is 0. The van der Waals surface area contributed by atoms with E-state index in [1.165, 1.54) is 50.0 Å². The molecule has 1 N–H and O–H groups in total. The van der Waals surface area contributed by atoms with Gasteiger partial charge < -0.3 is 9.73 Å². The summed E-state index contributed by atoms with van der Waals surface area (Å²) in [5.74, 6) is 1.08. The third kappa shape index (κ3) is 2.59. The third-order valence-electron chi connectivity index (χ3n) is 5.13. The topological polar surface area (TPSA) is 28.4 Å². The molecule has 2 aromatic rings. The molecule has 0 radical (unpaired) electrons. The van der Waals surface area contributed by atoms with E-state index in [4.69, 9.17) is 4.42 Å². The van der Waals surface area contributed by atoms with E-state index in [1.54, 1.807) is 0 Å². The number of hydrogen-bond donors (Lipinski definition) is 1. The Morgan fingerprint density at radius 1 is 1.29 bits per heavy atom. The van der Waals surface area contributed by atoms with Crippen molar-refractivity contribution in [3.63, 3.8) is 0 Å². The summed E-state index contributed by atoms with van der Waals surface area (Å²) in [6, 6.07) is 8.40. The Morgan fingerprint density at radius 3 is 2.95 bits per heavy atom. The van der Waals surface area contributed by atoms with E-state index in [2.05, 4.69) is 35.3 Å².